The van der Waals surface area contributed by atoms with Gasteiger partial charge in [-0.25, -0.2) is 0 Å². The maximum absolute atomic E-state index is 12.2. The van der Waals surface area contributed by atoms with Crippen LogP contribution in [0.2, 0.25) is 0 Å². The number of fused-ring (bicyclic) bond motifs is 1. The first kappa shape index (κ1) is 15.8. The molecule has 0 radical (unpaired) electrons. The second-order valence-electron chi connectivity index (χ2n) is 6.20. The van der Waals surface area contributed by atoms with Crippen LogP contribution in [0.25, 0.3) is 0 Å². The number of carbonyl (C=O) groups excluding carboxylic acids is 2. The molecule has 124 valence electrons. The zero-order valence-electron chi connectivity index (χ0n) is 13.4. The minimum Gasteiger partial charge on any atom is -0.482 e. The Labute approximate surface area is 136 Å². The number of benzene rings is 1. The van der Waals surface area contributed by atoms with E-state index in [2.05, 4.69) is 17.6 Å². The van der Waals surface area contributed by atoms with Crippen molar-refractivity contribution >= 4 is 17.5 Å². The van der Waals surface area contributed by atoms with Crippen molar-refractivity contribution < 1.29 is 14.3 Å². The third-order valence-corrected chi connectivity index (χ3v) is 4.50. The quantitative estimate of drug-likeness (QED) is 0.866. The van der Waals surface area contributed by atoms with E-state index in [1.165, 1.54) is 0 Å². The number of para-hydroxylation sites is 2. The van der Waals surface area contributed by atoms with Crippen LogP contribution in [0.1, 0.15) is 19.8 Å². The fraction of sp³-hybridized carbons (Fsp3) is 0.529. The SMILES string of the molecule is CC1CNCCC1NC(=O)CCN1C(=O)COc2ccccc21. The van der Waals surface area contributed by atoms with Crippen LogP contribution >= 0.6 is 0 Å². The molecule has 3 rings (SSSR count). The van der Waals surface area contributed by atoms with E-state index >= 15 is 0 Å². The molecule has 1 fully saturated rings. The average molecular weight is 317 g/mol. The van der Waals surface area contributed by atoms with Gasteiger partial charge in [-0.3, -0.25) is 9.59 Å². The molecule has 2 amide bonds. The van der Waals surface area contributed by atoms with Gasteiger partial charge in [-0.15, -0.1) is 0 Å². The molecular weight excluding hydrogens is 294 g/mol. The van der Waals surface area contributed by atoms with E-state index in [0.717, 1.165) is 25.2 Å². The van der Waals surface area contributed by atoms with Crippen molar-refractivity contribution in [1.82, 2.24) is 10.6 Å². The van der Waals surface area contributed by atoms with Crippen molar-refractivity contribution in [2.45, 2.75) is 25.8 Å². The molecule has 0 aliphatic carbocycles. The number of ether oxygens (including phenoxy) is 1. The summed E-state index contributed by atoms with van der Waals surface area (Å²) in [6.07, 6.45) is 1.25. The van der Waals surface area contributed by atoms with E-state index in [4.69, 9.17) is 4.74 Å². The van der Waals surface area contributed by atoms with Crippen LogP contribution < -0.4 is 20.3 Å². The van der Waals surface area contributed by atoms with Crippen molar-refractivity contribution in [3.63, 3.8) is 0 Å². The summed E-state index contributed by atoms with van der Waals surface area (Å²) in [5, 5.41) is 6.42. The summed E-state index contributed by atoms with van der Waals surface area (Å²) in [5.41, 5.74) is 0.742. The highest BCUT2D eigenvalue weighted by Crippen LogP contribution is 2.31. The second-order valence-corrected chi connectivity index (χ2v) is 6.20. The lowest BCUT2D eigenvalue weighted by molar-refractivity contribution is -0.122. The Bertz CT molecular complexity index is 590. The Balaban J connectivity index is 1.57. The standard InChI is InChI=1S/C17H23N3O3/c1-12-10-18-8-6-13(12)19-16(21)7-9-20-14-4-2-3-5-15(14)23-11-17(20)22/h2-5,12-13,18H,6-11H2,1H3,(H,19,21). The van der Waals surface area contributed by atoms with Gasteiger partial charge in [0.05, 0.1) is 5.69 Å². The first-order valence-corrected chi connectivity index (χ1v) is 8.17. The van der Waals surface area contributed by atoms with Crippen LogP contribution in [0.3, 0.4) is 0 Å². The summed E-state index contributed by atoms with van der Waals surface area (Å²) < 4.78 is 5.41. The molecule has 0 bridgehead atoms. The summed E-state index contributed by atoms with van der Waals surface area (Å²) in [7, 11) is 0. The summed E-state index contributed by atoms with van der Waals surface area (Å²) in [6.45, 7) is 4.41. The second kappa shape index (κ2) is 7.00. The monoisotopic (exact) mass is 317 g/mol. The zero-order chi connectivity index (χ0) is 16.2. The molecule has 2 atom stereocenters. The Kier molecular flexibility index (Phi) is 4.81. The van der Waals surface area contributed by atoms with Crippen LogP contribution in [-0.4, -0.2) is 44.1 Å². The van der Waals surface area contributed by atoms with Crippen molar-refractivity contribution in [2.75, 3.05) is 31.1 Å². The maximum Gasteiger partial charge on any atom is 0.265 e. The van der Waals surface area contributed by atoms with Crippen molar-refractivity contribution in [3.05, 3.63) is 24.3 Å². The van der Waals surface area contributed by atoms with Gasteiger partial charge < -0.3 is 20.3 Å². The fourth-order valence-electron chi connectivity index (χ4n) is 3.12. The van der Waals surface area contributed by atoms with Gasteiger partial charge >= 0.3 is 0 Å². The number of rotatable bonds is 4. The number of nitrogens with one attached hydrogen (secondary N) is 2. The average Bonchev–Trinajstić information content (AvgIpc) is 2.56. The lowest BCUT2D eigenvalue weighted by Gasteiger charge is -2.31. The van der Waals surface area contributed by atoms with E-state index < -0.39 is 0 Å². The summed E-state index contributed by atoms with van der Waals surface area (Å²) >= 11 is 0. The van der Waals surface area contributed by atoms with Gasteiger partial charge in [0.2, 0.25) is 5.91 Å². The number of anilines is 1. The van der Waals surface area contributed by atoms with Gasteiger partial charge in [-0.2, -0.15) is 0 Å². The summed E-state index contributed by atoms with van der Waals surface area (Å²) in [5.74, 6) is 1.02. The maximum atomic E-state index is 12.2. The highest BCUT2D eigenvalue weighted by Gasteiger charge is 2.26. The molecule has 2 aliphatic rings. The van der Waals surface area contributed by atoms with Gasteiger partial charge in [0.15, 0.2) is 6.61 Å². The van der Waals surface area contributed by atoms with Crippen molar-refractivity contribution in [3.8, 4) is 5.75 Å². The van der Waals surface area contributed by atoms with Crippen LogP contribution in [0.15, 0.2) is 24.3 Å². The van der Waals surface area contributed by atoms with E-state index in [1.54, 1.807) is 4.90 Å². The molecule has 1 aromatic carbocycles. The molecule has 0 aromatic heterocycles. The van der Waals surface area contributed by atoms with Gasteiger partial charge in [0, 0.05) is 19.0 Å². The van der Waals surface area contributed by atoms with Crippen LogP contribution in [0.4, 0.5) is 5.69 Å². The van der Waals surface area contributed by atoms with Gasteiger partial charge in [0.1, 0.15) is 5.75 Å². The van der Waals surface area contributed by atoms with E-state index in [9.17, 15) is 9.59 Å². The van der Waals surface area contributed by atoms with E-state index in [1.807, 2.05) is 24.3 Å². The third kappa shape index (κ3) is 3.64. The predicted octanol–water partition coefficient (Wildman–Crippen LogP) is 0.916. The van der Waals surface area contributed by atoms with Crippen LogP contribution in [-0.2, 0) is 9.59 Å². The first-order valence-electron chi connectivity index (χ1n) is 8.17. The smallest absolute Gasteiger partial charge is 0.265 e. The van der Waals surface area contributed by atoms with Gasteiger partial charge in [-0.05, 0) is 37.6 Å². The lowest BCUT2D eigenvalue weighted by atomic mass is 9.95. The predicted molar refractivity (Wildman–Crippen MR) is 87.5 cm³/mol. The molecule has 23 heavy (non-hydrogen) atoms. The Morgan fingerprint density at radius 3 is 3.09 bits per heavy atom. The topological polar surface area (TPSA) is 70.7 Å². The number of nitrogens with zero attached hydrogens (tertiary/aromatic N) is 1. The molecule has 1 aromatic rings. The largest absolute Gasteiger partial charge is 0.482 e. The van der Waals surface area contributed by atoms with Crippen molar-refractivity contribution in [1.29, 1.82) is 0 Å². The number of carbonyl (C=O) groups is 2. The molecule has 6 nitrogen and oxygen atoms in total. The highest BCUT2D eigenvalue weighted by atomic mass is 16.5. The molecule has 2 aliphatic heterocycles. The van der Waals surface area contributed by atoms with Crippen LogP contribution in [0.5, 0.6) is 5.75 Å². The van der Waals surface area contributed by atoms with E-state index in [-0.39, 0.29) is 24.5 Å². The number of piperidine rings is 1. The third-order valence-electron chi connectivity index (χ3n) is 4.50. The molecular formula is C17H23N3O3. The van der Waals surface area contributed by atoms with Crippen LogP contribution in [0, 0.1) is 5.92 Å². The normalized spacial score (nSPS) is 23.9. The molecule has 0 saturated carbocycles. The Morgan fingerprint density at radius 2 is 2.26 bits per heavy atom. The van der Waals surface area contributed by atoms with Gasteiger partial charge in [-0.1, -0.05) is 19.1 Å². The Hall–Kier alpha value is -2.08. The summed E-state index contributed by atoms with van der Waals surface area (Å²) in [4.78, 5) is 25.9. The summed E-state index contributed by atoms with van der Waals surface area (Å²) in [6, 6.07) is 7.64. The molecule has 2 N–H and O–H groups in total. The number of hydrogen-bond donors (Lipinski definition) is 2. The highest BCUT2D eigenvalue weighted by molar-refractivity contribution is 5.98. The molecule has 6 heteroatoms. The lowest BCUT2D eigenvalue weighted by Crippen LogP contribution is -2.49. The van der Waals surface area contributed by atoms with E-state index in [0.29, 0.717) is 24.6 Å². The molecule has 2 heterocycles. The Morgan fingerprint density at radius 1 is 1.43 bits per heavy atom. The first-order chi connectivity index (χ1) is 11.1. The fourth-order valence-corrected chi connectivity index (χ4v) is 3.12. The molecule has 2 unspecified atom stereocenters. The minimum atomic E-state index is -0.105. The number of hydrogen-bond acceptors (Lipinski definition) is 4. The molecule has 0 spiro atoms. The molecule has 1 saturated heterocycles. The van der Waals surface area contributed by atoms with Gasteiger partial charge in [0.25, 0.3) is 5.91 Å². The minimum absolute atomic E-state index is 0.000484. The number of amides is 2. The van der Waals surface area contributed by atoms with Crippen molar-refractivity contribution in [2.24, 2.45) is 5.92 Å². The zero-order valence-corrected chi connectivity index (χ0v) is 13.4.